The second kappa shape index (κ2) is 7.78. The topological polar surface area (TPSA) is 111 Å². The van der Waals surface area contributed by atoms with Gasteiger partial charge in [0.2, 0.25) is 0 Å². The zero-order valence-corrected chi connectivity index (χ0v) is 14.8. The van der Waals surface area contributed by atoms with Crippen LogP contribution in [-0.4, -0.2) is 50.9 Å². The first-order chi connectivity index (χ1) is 10.5. The molecule has 1 saturated heterocycles. The molecule has 2 aromatic heterocycles. The highest BCUT2D eigenvalue weighted by molar-refractivity contribution is 5.97. The Balaban J connectivity index is 0.00000144. The molecule has 2 atom stereocenters. The van der Waals surface area contributed by atoms with Gasteiger partial charge in [0, 0.05) is 31.4 Å². The molecule has 1 amide bonds. The van der Waals surface area contributed by atoms with Crippen LogP contribution in [0, 0.1) is 0 Å². The fourth-order valence-corrected chi connectivity index (χ4v) is 2.67. The van der Waals surface area contributed by atoms with E-state index >= 15 is 0 Å². The van der Waals surface area contributed by atoms with Gasteiger partial charge in [-0.2, -0.15) is 0 Å². The minimum absolute atomic E-state index is 0. The minimum Gasteiger partial charge on any atom is -0.333 e. The highest BCUT2D eigenvalue weighted by atomic mass is 35.5. The van der Waals surface area contributed by atoms with Gasteiger partial charge in [-0.15, -0.1) is 24.8 Å². The van der Waals surface area contributed by atoms with Crippen LogP contribution in [0.5, 0.6) is 0 Å². The molecule has 24 heavy (non-hydrogen) atoms. The summed E-state index contributed by atoms with van der Waals surface area (Å²) in [5.74, 6) is -0.166. The van der Waals surface area contributed by atoms with E-state index in [4.69, 9.17) is 0 Å². The summed E-state index contributed by atoms with van der Waals surface area (Å²) < 4.78 is 0. The molecule has 8 nitrogen and oxygen atoms in total. The number of halogens is 2. The fourth-order valence-electron chi connectivity index (χ4n) is 2.67. The number of aromatic amines is 2. The molecule has 0 aliphatic carbocycles. The number of piperazine rings is 1. The summed E-state index contributed by atoms with van der Waals surface area (Å²) in [6.07, 6.45) is 1.39. The molecule has 1 fully saturated rings. The molecule has 3 N–H and O–H groups in total. The summed E-state index contributed by atoms with van der Waals surface area (Å²) in [6, 6.07) is 1.72. The first-order valence-electron chi connectivity index (χ1n) is 7.14. The molecular formula is C14H19Cl2N5O3. The lowest BCUT2D eigenvalue weighted by atomic mass is 10.1. The number of carbonyl (C=O) groups is 1. The molecule has 0 bridgehead atoms. The van der Waals surface area contributed by atoms with Gasteiger partial charge < -0.3 is 10.2 Å². The van der Waals surface area contributed by atoms with Gasteiger partial charge in [-0.25, -0.2) is 9.78 Å². The summed E-state index contributed by atoms with van der Waals surface area (Å²) >= 11 is 0. The minimum atomic E-state index is -0.617. The first kappa shape index (κ1) is 20.1. The maximum absolute atomic E-state index is 12.7. The lowest BCUT2D eigenvalue weighted by Gasteiger charge is -2.38. The van der Waals surface area contributed by atoms with Crippen LogP contribution in [0.2, 0.25) is 0 Å². The monoisotopic (exact) mass is 375 g/mol. The van der Waals surface area contributed by atoms with Crippen molar-refractivity contribution in [1.82, 2.24) is 25.2 Å². The molecule has 132 valence electrons. The average Bonchev–Trinajstić information content (AvgIpc) is 2.49. The number of carbonyl (C=O) groups excluding carboxylic acids is 1. The third kappa shape index (κ3) is 3.61. The fraction of sp³-hybridized carbons (Fsp3) is 0.429. The number of hydrogen-bond acceptors (Lipinski definition) is 5. The van der Waals surface area contributed by atoms with Crippen molar-refractivity contribution in [1.29, 1.82) is 0 Å². The van der Waals surface area contributed by atoms with E-state index in [1.165, 1.54) is 12.3 Å². The second-order valence-corrected chi connectivity index (χ2v) is 5.51. The largest absolute Gasteiger partial charge is 0.333 e. The van der Waals surface area contributed by atoms with Crippen molar-refractivity contribution in [3.05, 3.63) is 38.7 Å². The van der Waals surface area contributed by atoms with Crippen molar-refractivity contribution < 1.29 is 4.79 Å². The standard InChI is InChI=1S/C14H17N5O3.2ClH/c1-7-8(2)19(4-3-15-7)13(21)9-5-10-11(16-6-9)17-14(22)18-12(10)20;;/h5-8,15H,3-4H2,1-2H3,(H2,16,17,18,20,22);2*1H. The molecule has 10 heteroatoms. The number of nitrogens with one attached hydrogen (secondary N) is 3. The van der Waals surface area contributed by atoms with Gasteiger partial charge in [-0.1, -0.05) is 0 Å². The van der Waals surface area contributed by atoms with Gasteiger partial charge in [0.25, 0.3) is 11.5 Å². The van der Waals surface area contributed by atoms with Crippen LogP contribution in [0.25, 0.3) is 11.0 Å². The molecule has 1 aliphatic heterocycles. The second-order valence-electron chi connectivity index (χ2n) is 5.51. The quantitative estimate of drug-likeness (QED) is 0.662. The molecule has 0 saturated carbocycles. The molecule has 3 heterocycles. The van der Waals surface area contributed by atoms with Crippen molar-refractivity contribution in [3.63, 3.8) is 0 Å². The molecule has 0 aromatic carbocycles. The van der Waals surface area contributed by atoms with Gasteiger partial charge >= 0.3 is 5.69 Å². The zero-order chi connectivity index (χ0) is 15.9. The van der Waals surface area contributed by atoms with E-state index in [-0.39, 0.29) is 53.8 Å². The van der Waals surface area contributed by atoms with E-state index in [2.05, 4.69) is 20.3 Å². The van der Waals surface area contributed by atoms with Crippen LogP contribution in [0.1, 0.15) is 24.2 Å². The Hall–Kier alpha value is -1.90. The Morgan fingerprint density at radius 2 is 1.96 bits per heavy atom. The highest BCUT2D eigenvalue weighted by Gasteiger charge is 2.29. The number of fused-ring (bicyclic) bond motifs is 1. The Labute approximate surface area is 149 Å². The van der Waals surface area contributed by atoms with Crippen LogP contribution in [-0.2, 0) is 0 Å². The van der Waals surface area contributed by atoms with E-state index in [0.717, 1.165) is 6.54 Å². The van der Waals surface area contributed by atoms with Gasteiger partial charge in [0.1, 0.15) is 5.65 Å². The Morgan fingerprint density at radius 1 is 1.25 bits per heavy atom. The molecule has 2 unspecified atom stereocenters. The number of hydrogen-bond donors (Lipinski definition) is 3. The lowest BCUT2D eigenvalue weighted by molar-refractivity contribution is 0.0602. The van der Waals surface area contributed by atoms with E-state index in [1.807, 2.05) is 13.8 Å². The summed E-state index contributed by atoms with van der Waals surface area (Å²) in [7, 11) is 0. The smallest absolute Gasteiger partial charge is 0.327 e. The first-order valence-corrected chi connectivity index (χ1v) is 7.14. The predicted molar refractivity (Wildman–Crippen MR) is 95.4 cm³/mol. The average molecular weight is 376 g/mol. The van der Waals surface area contributed by atoms with E-state index in [0.29, 0.717) is 12.1 Å². The van der Waals surface area contributed by atoms with Crippen molar-refractivity contribution in [2.24, 2.45) is 0 Å². The Morgan fingerprint density at radius 3 is 2.67 bits per heavy atom. The SMILES string of the molecule is CC1NCCN(C(=O)c2cnc3[nH]c(=O)[nH]c(=O)c3c2)C1C.Cl.Cl. The zero-order valence-electron chi connectivity index (χ0n) is 13.2. The number of pyridine rings is 1. The molecule has 1 aliphatic rings. The van der Waals surface area contributed by atoms with Crippen molar-refractivity contribution in [2.45, 2.75) is 25.9 Å². The maximum atomic E-state index is 12.7. The summed E-state index contributed by atoms with van der Waals surface area (Å²) in [5.41, 5.74) is -0.658. The van der Waals surface area contributed by atoms with Gasteiger partial charge in [0.15, 0.2) is 0 Å². The van der Waals surface area contributed by atoms with Gasteiger partial charge in [-0.05, 0) is 19.9 Å². The summed E-state index contributed by atoms with van der Waals surface area (Å²) in [6.45, 7) is 5.34. The van der Waals surface area contributed by atoms with E-state index in [9.17, 15) is 14.4 Å². The van der Waals surface area contributed by atoms with Crippen LogP contribution in [0.4, 0.5) is 0 Å². The van der Waals surface area contributed by atoms with Crippen LogP contribution in [0.15, 0.2) is 21.9 Å². The summed E-state index contributed by atoms with van der Waals surface area (Å²) in [4.78, 5) is 46.0. The normalized spacial score (nSPS) is 20.2. The lowest BCUT2D eigenvalue weighted by Crippen LogP contribution is -2.57. The predicted octanol–water partition coefficient (Wildman–Crippen LogP) is 0.277. The number of aromatic nitrogens is 3. The van der Waals surface area contributed by atoms with E-state index < -0.39 is 11.2 Å². The van der Waals surface area contributed by atoms with Crippen LogP contribution >= 0.6 is 24.8 Å². The van der Waals surface area contributed by atoms with Gasteiger partial charge in [-0.3, -0.25) is 19.6 Å². The Kier molecular flexibility index (Phi) is 6.53. The van der Waals surface area contributed by atoms with Crippen LogP contribution in [0.3, 0.4) is 0 Å². The van der Waals surface area contributed by atoms with Crippen molar-refractivity contribution >= 4 is 41.8 Å². The Bertz CT molecular complexity index is 850. The highest BCUT2D eigenvalue weighted by Crippen LogP contribution is 2.14. The number of amides is 1. The van der Waals surface area contributed by atoms with Gasteiger partial charge in [0.05, 0.1) is 10.9 Å². The third-order valence-electron chi connectivity index (χ3n) is 4.13. The molecule has 3 rings (SSSR count). The maximum Gasteiger partial charge on any atom is 0.327 e. The third-order valence-corrected chi connectivity index (χ3v) is 4.13. The number of H-pyrrole nitrogens is 2. The number of rotatable bonds is 1. The number of nitrogens with zero attached hydrogens (tertiary/aromatic N) is 2. The molecular weight excluding hydrogens is 357 g/mol. The van der Waals surface area contributed by atoms with Crippen molar-refractivity contribution in [3.8, 4) is 0 Å². The molecule has 2 aromatic rings. The molecule has 0 spiro atoms. The van der Waals surface area contributed by atoms with E-state index in [1.54, 1.807) is 4.90 Å². The molecule has 0 radical (unpaired) electrons. The van der Waals surface area contributed by atoms with Crippen molar-refractivity contribution in [2.75, 3.05) is 13.1 Å². The summed E-state index contributed by atoms with van der Waals surface area (Å²) in [5, 5.41) is 3.50. The van der Waals surface area contributed by atoms with Crippen LogP contribution < -0.4 is 16.6 Å².